The Morgan fingerprint density at radius 1 is 1.00 bits per heavy atom. The molecular weight excluding hydrogens is 456 g/mol. The molecule has 0 spiro atoms. The summed E-state index contributed by atoms with van der Waals surface area (Å²) < 4.78 is 11.4. The number of amidine groups is 1. The Bertz CT molecular complexity index is 1210. The van der Waals surface area contributed by atoms with Crippen molar-refractivity contribution < 1.29 is 14.3 Å². The molecule has 7 heteroatoms. The van der Waals surface area contributed by atoms with Crippen molar-refractivity contribution >= 4 is 46.2 Å². The first kappa shape index (κ1) is 23.0. The summed E-state index contributed by atoms with van der Waals surface area (Å²) >= 11 is 7.24. The van der Waals surface area contributed by atoms with E-state index in [9.17, 15) is 4.79 Å². The molecule has 3 aromatic carbocycles. The van der Waals surface area contributed by atoms with E-state index >= 15 is 0 Å². The number of aryl methyl sites for hydroxylation is 1. The van der Waals surface area contributed by atoms with E-state index in [1.807, 2.05) is 72.8 Å². The molecule has 1 N–H and O–H groups in total. The van der Waals surface area contributed by atoms with Gasteiger partial charge in [-0.05, 0) is 77.3 Å². The van der Waals surface area contributed by atoms with Crippen molar-refractivity contribution in [3.8, 4) is 11.5 Å². The summed E-state index contributed by atoms with van der Waals surface area (Å²) in [6.45, 7) is 2.50. The van der Waals surface area contributed by atoms with Crippen molar-refractivity contribution in [2.24, 2.45) is 4.99 Å². The number of methoxy groups -OCH3 is 1. The number of aliphatic imine (C=N–C) groups is 1. The maximum absolute atomic E-state index is 12.4. The minimum atomic E-state index is -0.175. The molecule has 3 aromatic rings. The molecule has 0 bridgehead atoms. The molecule has 0 aliphatic carbocycles. The maximum atomic E-state index is 12.4. The van der Waals surface area contributed by atoms with E-state index < -0.39 is 0 Å². The van der Waals surface area contributed by atoms with Crippen molar-refractivity contribution in [2.75, 3.05) is 7.11 Å². The first-order valence-corrected chi connectivity index (χ1v) is 11.7. The second-order valence-electron chi connectivity index (χ2n) is 7.33. The van der Waals surface area contributed by atoms with Crippen molar-refractivity contribution in [2.45, 2.75) is 20.0 Å². The van der Waals surface area contributed by atoms with Crippen molar-refractivity contribution in [1.82, 2.24) is 5.32 Å². The van der Waals surface area contributed by atoms with Gasteiger partial charge in [0.15, 0.2) is 16.7 Å². The zero-order valence-electron chi connectivity index (χ0n) is 18.3. The number of thioether (sulfide) groups is 1. The van der Waals surface area contributed by atoms with Gasteiger partial charge in [-0.2, -0.15) is 0 Å². The van der Waals surface area contributed by atoms with E-state index in [4.69, 9.17) is 21.1 Å². The third kappa shape index (κ3) is 5.97. The fourth-order valence-corrected chi connectivity index (χ4v) is 4.16. The monoisotopic (exact) mass is 478 g/mol. The number of nitrogens with zero attached hydrogens (tertiary/aromatic N) is 1. The summed E-state index contributed by atoms with van der Waals surface area (Å²) in [7, 11) is 1.59. The van der Waals surface area contributed by atoms with Gasteiger partial charge in [0.25, 0.3) is 5.91 Å². The maximum Gasteiger partial charge on any atom is 0.264 e. The first-order valence-electron chi connectivity index (χ1n) is 10.5. The Morgan fingerprint density at radius 3 is 2.42 bits per heavy atom. The standard InChI is InChI=1S/C26H23ClN2O3S/c1-3-17-6-11-21(12-7-17)28-26-29-25(30)24(33-26)15-19-8-13-22(23(14-19)31-2)32-16-18-4-9-20(27)10-5-18/h4-15H,3,16H2,1-2H3,(H,28,29,30). The van der Waals surface area contributed by atoms with Gasteiger partial charge >= 0.3 is 0 Å². The summed E-state index contributed by atoms with van der Waals surface area (Å²) in [6, 6.07) is 21.0. The highest BCUT2D eigenvalue weighted by Crippen LogP contribution is 2.32. The quantitative estimate of drug-likeness (QED) is 0.400. The van der Waals surface area contributed by atoms with Crippen molar-refractivity contribution in [3.05, 3.63) is 93.3 Å². The van der Waals surface area contributed by atoms with E-state index in [2.05, 4.69) is 17.2 Å². The average molecular weight is 479 g/mol. The van der Waals surface area contributed by atoms with E-state index in [0.29, 0.717) is 33.2 Å². The molecule has 1 fully saturated rings. The lowest BCUT2D eigenvalue weighted by Gasteiger charge is -2.11. The number of ether oxygens (including phenoxy) is 2. The van der Waals surface area contributed by atoms with Crippen LogP contribution in [0.5, 0.6) is 11.5 Å². The summed E-state index contributed by atoms with van der Waals surface area (Å²) in [5, 5.41) is 4.07. The fourth-order valence-electron chi connectivity index (χ4n) is 3.19. The molecule has 4 rings (SSSR count). The van der Waals surface area contributed by atoms with Gasteiger partial charge in [-0.15, -0.1) is 0 Å². The van der Waals surface area contributed by atoms with E-state index in [1.54, 1.807) is 7.11 Å². The van der Waals surface area contributed by atoms with Gasteiger partial charge in [0.2, 0.25) is 0 Å². The van der Waals surface area contributed by atoms with Crippen LogP contribution in [0.15, 0.2) is 76.6 Å². The zero-order chi connectivity index (χ0) is 23.2. The van der Waals surface area contributed by atoms with Crippen molar-refractivity contribution in [3.63, 3.8) is 0 Å². The van der Waals surface area contributed by atoms with Gasteiger partial charge in [-0.3, -0.25) is 4.79 Å². The molecular formula is C26H23ClN2O3S. The number of rotatable bonds is 7. The molecule has 0 aromatic heterocycles. The van der Waals surface area contributed by atoms with Crippen LogP contribution in [-0.4, -0.2) is 18.2 Å². The number of hydrogen-bond acceptors (Lipinski definition) is 5. The van der Waals surface area contributed by atoms with E-state index in [-0.39, 0.29) is 5.91 Å². The molecule has 33 heavy (non-hydrogen) atoms. The number of carbonyl (C=O) groups excluding carboxylic acids is 1. The lowest BCUT2D eigenvalue weighted by Crippen LogP contribution is -2.19. The lowest BCUT2D eigenvalue weighted by molar-refractivity contribution is -0.115. The highest BCUT2D eigenvalue weighted by molar-refractivity contribution is 8.18. The fraction of sp³-hybridized carbons (Fsp3) is 0.154. The Kier molecular flexibility index (Phi) is 7.37. The number of carbonyl (C=O) groups is 1. The van der Waals surface area contributed by atoms with E-state index in [1.165, 1.54) is 17.3 Å². The Hall–Kier alpha value is -3.22. The van der Waals surface area contributed by atoms with Gasteiger partial charge in [0, 0.05) is 5.02 Å². The summed E-state index contributed by atoms with van der Waals surface area (Å²) in [4.78, 5) is 17.5. The SMILES string of the molecule is CCc1ccc(N=C2NC(=O)C(=Cc3ccc(OCc4ccc(Cl)cc4)c(OC)c3)S2)cc1. The van der Waals surface area contributed by atoms with Gasteiger partial charge < -0.3 is 14.8 Å². The number of halogens is 1. The molecule has 1 amide bonds. The van der Waals surface area contributed by atoms with E-state index in [0.717, 1.165) is 23.2 Å². The second kappa shape index (κ2) is 10.6. The van der Waals surface area contributed by atoms with Gasteiger partial charge in [0.05, 0.1) is 17.7 Å². The van der Waals surface area contributed by atoms with Crippen LogP contribution in [0.3, 0.4) is 0 Å². The van der Waals surface area contributed by atoms with Crippen LogP contribution in [0.2, 0.25) is 5.02 Å². The second-order valence-corrected chi connectivity index (χ2v) is 8.79. The molecule has 0 atom stereocenters. The number of hydrogen-bond donors (Lipinski definition) is 1. The predicted octanol–water partition coefficient (Wildman–Crippen LogP) is 6.38. The van der Waals surface area contributed by atoms with Crippen LogP contribution in [0.4, 0.5) is 5.69 Å². The third-order valence-corrected chi connectivity index (χ3v) is 6.18. The number of amides is 1. The Balaban J connectivity index is 1.46. The van der Waals surface area contributed by atoms with Crippen LogP contribution in [0.1, 0.15) is 23.6 Å². The summed E-state index contributed by atoms with van der Waals surface area (Å²) in [6.07, 6.45) is 2.79. The summed E-state index contributed by atoms with van der Waals surface area (Å²) in [5.74, 6) is 1.04. The average Bonchev–Trinajstić information content (AvgIpc) is 3.17. The van der Waals surface area contributed by atoms with Gasteiger partial charge in [-0.25, -0.2) is 4.99 Å². The van der Waals surface area contributed by atoms with Crippen LogP contribution in [0, 0.1) is 0 Å². The molecule has 0 unspecified atom stereocenters. The number of nitrogens with one attached hydrogen (secondary N) is 1. The van der Waals surface area contributed by atoms with Crippen LogP contribution in [0.25, 0.3) is 6.08 Å². The van der Waals surface area contributed by atoms with Crippen molar-refractivity contribution in [1.29, 1.82) is 0 Å². The first-order chi connectivity index (χ1) is 16.0. The number of benzene rings is 3. The van der Waals surface area contributed by atoms with Crippen LogP contribution < -0.4 is 14.8 Å². The molecule has 1 aliphatic rings. The van der Waals surface area contributed by atoms with Gasteiger partial charge in [0.1, 0.15) is 6.61 Å². The molecule has 168 valence electrons. The molecule has 0 radical (unpaired) electrons. The van der Waals surface area contributed by atoms with Crippen LogP contribution in [-0.2, 0) is 17.8 Å². The highest BCUT2D eigenvalue weighted by Gasteiger charge is 2.24. The Labute approximate surface area is 202 Å². The molecule has 0 saturated carbocycles. The largest absolute Gasteiger partial charge is 0.493 e. The topological polar surface area (TPSA) is 59.9 Å². The summed E-state index contributed by atoms with van der Waals surface area (Å²) in [5.41, 5.74) is 3.89. The molecule has 1 heterocycles. The zero-order valence-corrected chi connectivity index (χ0v) is 19.9. The molecule has 5 nitrogen and oxygen atoms in total. The normalized spacial score (nSPS) is 15.7. The third-order valence-electron chi connectivity index (χ3n) is 5.02. The van der Waals surface area contributed by atoms with Crippen LogP contribution >= 0.6 is 23.4 Å². The predicted molar refractivity (Wildman–Crippen MR) is 135 cm³/mol. The highest BCUT2D eigenvalue weighted by atomic mass is 35.5. The smallest absolute Gasteiger partial charge is 0.264 e. The minimum Gasteiger partial charge on any atom is -0.493 e. The molecule has 1 aliphatic heterocycles. The lowest BCUT2D eigenvalue weighted by atomic mass is 10.2. The minimum absolute atomic E-state index is 0.175. The Morgan fingerprint density at radius 2 is 1.73 bits per heavy atom. The molecule has 1 saturated heterocycles. The van der Waals surface area contributed by atoms with Gasteiger partial charge in [-0.1, -0.05) is 48.9 Å².